The summed E-state index contributed by atoms with van der Waals surface area (Å²) in [6.07, 6.45) is 0. The minimum absolute atomic E-state index is 0.457. The van der Waals surface area contributed by atoms with Gasteiger partial charge in [0, 0.05) is 11.6 Å². The summed E-state index contributed by atoms with van der Waals surface area (Å²) in [7, 11) is 0. The molecule has 1 N–H and O–H groups in total. The smallest absolute Gasteiger partial charge is 0.138 e. The van der Waals surface area contributed by atoms with Crippen LogP contribution in [0.2, 0.25) is 15.1 Å². The first-order valence-corrected chi connectivity index (χ1v) is 10.3. The highest BCUT2D eigenvalue weighted by Crippen LogP contribution is 2.29. The van der Waals surface area contributed by atoms with Gasteiger partial charge in [-0.05, 0) is 52.2 Å². The summed E-state index contributed by atoms with van der Waals surface area (Å²) in [6, 6.07) is 25.6. The topological polar surface area (TPSA) is 21.3 Å². The van der Waals surface area contributed by atoms with Crippen LogP contribution in [0, 0.1) is 0 Å². The van der Waals surface area contributed by atoms with Gasteiger partial charge in [-0.2, -0.15) is 0 Å². The van der Waals surface area contributed by atoms with Crippen molar-refractivity contribution in [2.75, 3.05) is 5.32 Å². The maximum absolute atomic E-state index is 6.45. The number of fused-ring (bicyclic) bond motifs is 1. The van der Waals surface area contributed by atoms with E-state index >= 15 is 0 Å². The molecule has 0 aromatic heterocycles. The lowest BCUT2D eigenvalue weighted by Gasteiger charge is -2.13. The Labute approximate surface area is 185 Å². The zero-order valence-corrected chi connectivity index (χ0v) is 17.7. The Morgan fingerprint density at radius 1 is 0.759 bits per heavy atom. The zero-order valence-electron chi connectivity index (χ0n) is 15.5. The van der Waals surface area contributed by atoms with Gasteiger partial charge in [0.1, 0.15) is 12.4 Å². The van der Waals surface area contributed by atoms with Crippen LogP contribution in [0.1, 0.15) is 11.1 Å². The van der Waals surface area contributed by atoms with Gasteiger partial charge in [-0.25, -0.2) is 0 Å². The fraction of sp³-hybridized carbons (Fsp3) is 0.0833. The second-order valence-electron chi connectivity index (χ2n) is 6.67. The van der Waals surface area contributed by atoms with Crippen molar-refractivity contribution < 1.29 is 4.74 Å². The SMILES string of the molecule is Clc1ccc(NCc2ccc(OCc3cccc4ccccc34)c(Cl)c2)c(Cl)c1. The molecule has 0 heterocycles. The Balaban J connectivity index is 1.43. The minimum atomic E-state index is 0.457. The Morgan fingerprint density at radius 2 is 1.59 bits per heavy atom. The van der Waals surface area contributed by atoms with Crippen molar-refractivity contribution in [3.63, 3.8) is 0 Å². The van der Waals surface area contributed by atoms with E-state index in [1.807, 2.05) is 42.5 Å². The van der Waals surface area contributed by atoms with E-state index in [-0.39, 0.29) is 0 Å². The van der Waals surface area contributed by atoms with Crippen molar-refractivity contribution in [3.05, 3.63) is 105 Å². The van der Waals surface area contributed by atoms with Gasteiger partial charge in [-0.15, -0.1) is 0 Å². The summed E-state index contributed by atoms with van der Waals surface area (Å²) in [5.74, 6) is 0.660. The van der Waals surface area contributed by atoms with E-state index in [9.17, 15) is 0 Å². The number of anilines is 1. The summed E-state index contributed by atoms with van der Waals surface area (Å²) < 4.78 is 5.99. The van der Waals surface area contributed by atoms with Gasteiger partial charge in [0.25, 0.3) is 0 Å². The molecule has 0 bridgehead atoms. The molecule has 29 heavy (non-hydrogen) atoms. The molecule has 5 heteroatoms. The molecule has 0 amide bonds. The highest BCUT2D eigenvalue weighted by atomic mass is 35.5. The molecule has 0 radical (unpaired) electrons. The Morgan fingerprint density at radius 3 is 2.41 bits per heavy atom. The van der Waals surface area contributed by atoms with Gasteiger partial charge in [0.15, 0.2) is 0 Å². The molecule has 4 rings (SSSR count). The van der Waals surface area contributed by atoms with Gasteiger partial charge in [0.2, 0.25) is 0 Å². The number of rotatable bonds is 6. The highest BCUT2D eigenvalue weighted by molar-refractivity contribution is 6.36. The molecule has 146 valence electrons. The summed E-state index contributed by atoms with van der Waals surface area (Å²) in [5.41, 5.74) is 2.98. The molecule has 0 unspecified atom stereocenters. The lowest BCUT2D eigenvalue weighted by Crippen LogP contribution is -2.01. The first kappa shape index (κ1) is 19.9. The number of hydrogen-bond acceptors (Lipinski definition) is 2. The second-order valence-corrected chi connectivity index (χ2v) is 7.92. The number of halogens is 3. The van der Waals surface area contributed by atoms with Crippen LogP contribution in [-0.4, -0.2) is 0 Å². The number of benzene rings is 4. The van der Waals surface area contributed by atoms with Crippen molar-refractivity contribution in [2.45, 2.75) is 13.2 Å². The molecule has 0 aliphatic heterocycles. The van der Waals surface area contributed by atoms with Crippen molar-refractivity contribution in [3.8, 4) is 5.75 Å². The van der Waals surface area contributed by atoms with Gasteiger partial charge in [-0.3, -0.25) is 0 Å². The van der Waals surface area contributed by atoms with Crippen LogP contribution in [-0.2, 0) is 13.2 Å². The highest BCUT2D eigenvalue weighted by Gasteiger charge is 2.07. The predicted molar refractivity (Wildman–Crippen MR) is 124 cm³/mol. The lowest BCUT2D eigenvalue weighted by molar-refractivity contribution is 0.308. The average molecular weight is 443 g/mol. The van der Waals surface area contributed by atoms with E-state index < -0.39 is 0 Å². The van der Waals surface area contributed by atoms with Crippen LogP contribution in [0.25, 0.3) is 10.8 Å². The van der Waals surface area contributed by atoms with E-state index in [4.69, 9.17) is 39.5 Å². The summed E-state index contributed by atoms with van der Waals surface area (Å²) >= 11 is 18.6. The number of nitrogens with one attached hydrogen (secondary N) is 1. The molecule has 2 nitrogen and oxygen atoms in total. The molecular weight excluding hydrogens is 425 g/mol. The Bertz CT molecular complexity index is 1150. The van der Waals surface area contributed by atoms with Crippen molar-refractivity contribution in [1.29, 1.82) is 0 Å². The van der Waals surface area contributed by atoms with E-state index in [0.29, 0.717) is 34.0 Å². The first-order valence-electron chi connectivity index (χ1n) is 9.17. The van der Waals surface area contributed by atoms with Gasteiger partial charge >= 0.3 is 0 Å². The Hall–Kier alpha value is -2.39. The maximum atomic E-state index is 6.45. The van der Waals surface area contributed by atoms with E-state index in [0.717, 1.165) is 16.8 Å². The monoisotopic (exact) mass is 441 g/mol. The van der Waals surface area contributed by atoms with Gasteiger partial charge in [-0.1, -0.05) is 83.3 Å². The van der Waals surface area contributed by atoms with Crippen LogP contribution in [0.4, 0.5) is 5.69 Å². The van der Waals surface area contributed by atoms with E-state index in [1.54, 1.807) is 12.1 Å². The average Bonchev–Trinajstić information content (AvgIpc) is 2.72. The van der Waals surface area contributed by atoms with Crippen LogP contribution in [0.3, 0.4) is 0 Å². The molecule has 0 spiro atoms. The van der Waals surface area contributed by atoms with Crippen LogP contribution < -0.4 is 10.1 Å². The van der Waals surface area contributed by atoms with Crippen molar-refractivity contribution in [1.82, 2.24) is 0 Å². The second kappa shape index (κ2) is 8.96. The quantitative estimate of drug-likeness (QED) is 0.327. The van der Waals surface area contributed by atoms with Crippen LogP contribution in [0.15, 0.2) is 78.9 Å². The standard InChI is InChI=1S/C24H18Cl3NO/c25-19-9-10-23(21(26)13-19)28-14-16-8-11-24(22(27)12-16)29-15-18-6-3-5-17-4-1-2-7-20(17)18/h1-13,28H,14-15H2. The summed E-state index contributed by atoms with van der Waals surface area (Å²) in [5, 5.41) is 7.44. The van der Waals surface area contributed by atoms with Gasteiger partial charge < -0.3 is 10.1 Å². The summed E-state index contributed by atoms with van der Waals surface area (Å²) in [6.45, 7) is 1.05. The van der Waals surface area contributed by atoms with E-state index in [2.05, 4.69) is 29.6 Å². The fourth-order valence-corrected chi connectivity index (χ4v) is 3.91. The molecular formula is C24H18Cl3NO. The molecule has 0 saturated carbocycles. The van der Waals surface area contributed by atoms with Crippen LogP contribution in [0.5, 0.6) is 5.75 Å². The minimum Gasteiger partial charge on any atom is -0.487 e. The largest absolute Gasteiger partial charge is 0.487 e. The molecule has 0 atom stereocenters. The molecule has 0 fully saturated rings. The maximum Gasteiger partial charge on any atom is 0.138 e. The number of hydrogen-bond donors (Lipinski definition) is 1. The zero-order chi connectivity index (χ0) is 20.2. The number of ether oxygens (including phenoxy) is 1. The first-order chi connectivity index (χ1) is 14.1. The van der Waals surface area contributed by atoms with E-state index in [1.165, 1.54) is 10.8 Å². The molecule has 4 aromatic carbocycles. The Kier molecular flexibility index (Phi) is 6.15. The normalized spacial score (nSPS) is 10.9. The molecule has 0 aliphatic carbocycles. The van der Waals surface area contributed by atoms with Crippen LogP contribution >= 0.6 is 34.8 Å². The predicted octanol–water partition coefficient (Wildman–Crippen LogP) is 7.99. The van der Waals surface area contributed by atoms with Crippen molar-refractivity contribution in [2.24, 2.45) is 0 Å². The third-order valence-corrected chi connectivity index (χ3v) is 5.52. The van der Waals surface area contributed by atoms with Crippen molar-refractivity contribution >= 4 is 51.3 Å². The third-order valence-electron chi connectivity index (χ3n) is 4.67. The van der Waals surface area contributed by atoms with Gasteiger partial charge in [0.05, 0.1) is 15.7 Å². The molecule has 0 saturated heterocycles. The fourth-order valence-electron chi connectivity index (χ4n) is 3.18. The summed E-state index contributed by atoms with van der Waals surface area (Å²) in [4.78, 5) is 0. The third kappa shape index (κ3) is 4.79. The lowest BCUT2D eigenvalue weighted by atomic mass is 10.1. The molecule has 0 aliphatic rings. The molecule has 4 aromatic rings.